The summed E-state index contributed by atoms with van der Waals surface area (Å²) in [4.78, 5) is 28.8. The molecular weight excluding hydrogens is 491 g/mol. The molecule has 0 fully saturated rings. The fourth-order valence-corrected chi connectivity index (χ4v) is 4.91. The van der Waals surface area contributed by atoms with E-state index in [1.807, 2.05) is 0 Å². The topological polar surface area (TPSA) is 113 Å². The molecule has 0 rings (SSSR count). The molecule has 1 unspecified atom stereocenters. The largest absolute Gasteiger partial charge is 0.469 e. The quantitative estimate of drug-likeness (QED) is 0.0487. The molecule has 0 aromatic rings. The van der Waals surface area contributed by atoms with E-state index in [4.69, 9.17) is 14.5 Å². The van der Waals surface area contributed by atoms with Gasteiger partial charge in [0.05, 0.1) is 6.61 Å². The van der Waals surface area contributed by atoms with Crippen molar-refractivity contribution >= 4 is 13.8 Å². The summed E-state index contributed by atoms with van der Waals surface area (Å²) in [5.74, 6) is -0.404. The van der Waals surface area contributed by atoms with Gasteiger partial charge in [0.15, 0.2) is 0 Å². The molecule has 0 aliphatic rings. The highest BCUT2D eigenvalue weighted by atomic mass is 31.2. The van der Waals surface area contributed by atoms with Crippen molar-refractivity contribution in [2.45, 2.75) is 167 Å². The zero-order chi connectivity index (χ0) is 27.5. The van der Waals surface area contributed by atoms with Crippen molar-refractivity contribution in [3.8, 4) is 0 Å². The number of carbonyl (C=O) groups is 1. The van der Waals surface area contributed by atoms with Gasteiger partial charge < -0.3 is 19.6 Å². The Hall–Kier alpha value is -0.460. The molecule has 7 nitrogen and oxygen atoms in total. The van der Waals surface area contributed by atoms with Crippen LogP contribution in [-0.2, 0) is 18.6 Å². The van der Waals surface area contributed by atoms with E-state index in [0.29, 0.717) is 6.42 Å². The second-order valence-electron chi connectivity index (χ2n) is 10.7. The maximum atomic E-state index is 11.6. The third-order valence-electron chi connectivity index (χ3n) is 6.86. The summed E-state index contributed by atoms with van der Waals surface area (Å²) in [6.45, 7) is 1.39. The van der Waals surface area contributed by atoms with Crippen LogP contribution in [0.25, 0.3) is 0 Å². The van der Waals surface area contributed by atoms with Crippen molar-refractivity contribution < 1.29 is 33.5 Å². The molecule has 0 amide bonds. The van der Waals surface area contributed by atoms with E-state index >= 15 is 0 Å². The first-order valence-electron chi connectivity index (χ1n) is 15.4. The average molecular weight is 551 g/mol. The number of carbonyl (C=O) groups excluding carboxylic acids is 1. The Balaban J connectivity index is 3.21. The minimum atomic E-state index is -4.62. The van der Waals surface area contributed by atoms with Gasteiger partial charge in [-0.15, -0.1) is 0 Å². The van der Waals surface area contributed by atoms with Crippen molar-refractivity contribution in [3.05, 3.63) is 0 Å². The zero-order valence-electron chi connectivity index (χ0n) is 23.9. The van der Waals surface area contributed by atoms with Gasteiger partial charge in [-0.25, -0.2) is 4.57 Å². The second-order valence-corrected chi connectivity index (χ2v) is 11.9. The van der Waals surface area contributed by atoms with Crippen LogP contribution in [0.15, 0.2) is 0 Å². The van der Waals surface area contributed by atoms with Crippen molar-refractivity contribution in [2.75, 3.05) is 13.2 Å². The molecule has 0 heterocycles. The minimum Gasteiger partial charge on any atom is -0.463 e. The Kier molecular flexibility index (Phi) is 26.8. The summed E-state index contributed by atoms with van der Waals surface area (Å²) in [5.41, 5.74) is 0. The number of rotatable bonds is 29. The number of phosphoric ester groups is 1. The molecule has 3 N–H and O–H groups in total. The zero-order valence-corrected chi connectivity index (χ0v) is 24.8. The Bertz CT molecular complexity index is 538. The van der Waals surface area contributed by atoms with Crippen LogP contribution in [0.2, 0.25) is 0 Å². The number of phosphoric acid groups is 1. The van der Waals surface area contributed by atoms with Crippen LogP contribution in [0.1, 0.15) is 161 Å². The van der Waals surface area contributed by atoms with Crippen molar-refractivity contribution in [1.29, 1.82) is 0 Å². The molecule has 1 atom stereocenters. The van der Waals surface area contributed by atoms with Crippen molar-refractivity contribution in [1.82, 2.24) is 0 Å². The Morgan fingerprint density at radius 3 is 1.24 bits per heavy atom. The molecular formula is C29H59O7P. The number of hydrogen-bond acceptors (Lipinski definition) is 5. The first-order chi connectivity index (χ1) is 17.8. The Labute approximate surface area is 227 Å². The normalized spacial score (nSPS) is 12.6. The van der Waals surface area contributed by atoms with Gasteiger partial charge in [0.25, 0.3) is 0 Å². The van der Waals surface area contributed by atoms with E-state index < -0.39 is 26.5 Å². The molecule has 8 heteroatoms. The SMILES string of the molecule is CCCCCCCCCCCCCCCCCCCCCCCCCC(=O)OCC(O)COP(=O)(O)O. The van der Waals surface area contributed by atoms with E-state index in [-0.39, 0.29) is 6.61 Å². The smallest absolute Gasteiger partial charge is 0.463 e. The van der Waals surface area contributed by atoms with Crippen LogP contribution < -0.4 is 0 Å². The number of unbranched alkanes of at least 4 members (excludes halogenated alkanes) is 22. The molecule has 0 saturated heterocycles. The summed E-state index contributed by atoms with van der Waals surface area (Å²) >= 11 is 0. The van der Waals surface area contributed by atoms with E-state index in [1.54, 1.807) is 0 Å². The lowest BCUT2D eigenvalue weighted by atomic mass is 10.0. The molecule has 222 valence electrons. The fourth-order valence-electron chi connectivity index (χ4n) is 4.55. The van der Waals surface area contributed by atoms with Gasteiger partial charge in [0, 0.05) is 6.42 Å². The van der Waals surface area contributed by atoms with Gasteiger partial charge in [0.2, 0.25) is 0 Å². The summed E-state index contributed by atoms with van der Waals surface area (Å²) in [5, 5.41) is 9.47. The molecule has 0 aromatic heterocycles. The summed E-state index contributed by atoms with van der Waals surface area (Å²) < 4.78 is 19.6. The molecule has 37 heavy (non-hydrogen) atoms. The summed E-state index contributed by atoms with van der Waals surface area (Å²) in [6, 6.07) is 0. The van der Waals surface area contributed by atoms with Gasteiger partial charge in [-0.3, -0.25) is 9.32 Å². The molecule has 0 radical (unpaired) electrons. The lowest BCUT2D eigenvalue weighted by molar-refractivity contribution is -0.147. The Morgan fingerprint density at radius 1 is 0.595 bits per heavy atom. The van der Waals surface area contributed by atoms with E-state index in [2.05, 4.69) is 11.4 Å². The van der Waals surface area contributed by atoms with Gasteiger partial charge in [-0.1, -0.05) is 148 Å². The van der Waals surface area contributed by atoms with Gasteiger partial charge in [-0.05, 0) is 6.42 Å². The maximum absolute atomic E-state index is 11.6. The van der Waals surface area contributed by atoms with Gasteiger partial charge >= 0.3 is 13.8 Å². The van der Waals surface area contributed by atoms with Crippen LogP contribution in [0, 0.1) is 0 Å². The number of ether oxygens (including phenoxy) is 1. The van der Waals surface area contributed by atoms with Crippen LogP contribution >= 0.6 is 7.82 Å². The first-order valence-corrected chi connectivity index (χ1v) is 16.9. The van der Waals surface area contributed by atoms with Crippen LogP contribution in [0.4, 0.5) is 0 Å². The van der Waals surface area contributed by atoms with Crippen molar-refractivity contribution in [2.24, 2.45) is 0 Å². The monoisotopic (exact) mass is 550 g/mol. The molecule has 0 aliphatic carbocycles. The molecule has 0 aromatic carbocycles. The number of hydrogen-bond donors (Lipinski definition) is 3. The summed E-state index contributed by atoms with van der Waals surface area (Å²) in [6.07, 6.45) is 29.6. The molecule has 0 spiro atoms. The third-order valence-corrected chi connectivity index (χ3v) is 7.34. The second kappa shape index (κ2) is 27.1. The first kappa shape index (κ1) is 36.5. The van der Waals surface area contributed by atoms with E-state index in [1.165, 1.54) is 128 Å². The third kappa shape index (κ3) is 31.7. The lowest BCUT2D eigenvalue weighted by Crippen LogP contribution is -2.23. The molecule has 0 aliphatic heterocycles. The minimum absolute atomic E-state index is 0.297. The van der Waals surface area contributed by atoms with Gasteiger partial charge in [-0.2, -0.15) is 0 Å². The predicted octanol–water partition coefficient (Wildman–Crippen LogP) is 8.38. The maximum Gasteiger partial charge on any atom is 0.469 e. The van der Waals surface area contributed by atoms with Crippen LogP contribution in [0.5, 0.6) is 0 Å². The Morgan fingerprint density at radius 2 is 0.919 bits per heavy atom. The van der Waals surface area contributed by atoms with Crippen LogP contribution in [-0.4, -0.2) is 40.2 Å². The number of aliphatic hydroxyl groups is 1. The lowest BCUT2D eigenvalue weighted by Gasteiger charge is -2.12. The van der Waals surface area contributed by atoms with E-state index in [0.717, 1.165) is 19.3 Å². The highest BCUT2D eigenvalue weighted by molar-refractivity contribution is 7.46. The van der Waals surface area contributed by atoms with E-state index in [9.17, 15) is 14.5 Å². The highest BCUT2D eigenvalue weighted by Crippen LogP contribution is 2.35. The molecule has 0 saturated carbocycles. The number of aliphatic hydroxyl groups excluding tert-OH is 1. The van der Waals surface area contributed by atoms with Crippen molar-refractivity contribution in [3.63, 3.8) is 0 Å². The van der Waals surface area contributed by atoms with Crippen LogP contribution in [0.3, 0.4) is 0 Å². The fraction of sp³-hybridized carbons (Fsp3) is 0.966. The molecule has 0 bridgehead atoms. The summed E-state index contributed by atoms with van der Waals surface area (Å²) in [7, 11) is -4.62. The standard InChI is InChI=1S/C29H59O7P/c1-2-3-4-5-6-7-8-9-10-11-12-13-14-15-16-17-18-19-20-21-22-23-24-25-29(31)35-26-28(30)27-36-37(32,33)34/h28,30H,2-27H2,1H3,(H2,32,33,34). The number of esters is 1. The average Bonchev–Trinajstić information content (AvgIpc) is 2.86. The van der Waals surface area contributed by atoms with Gasteiger partial charge in [0.1, 0.15) is 12.7 Å². The highest BCUT2D eigenvalue weighted by Gasteiger charge is 2.17. The predicted molar refractivity (Wildman–Crippen MR) is 151 cm³/mol.